The number of rotatable bonds is 4. The standard InChI is InChI=1S/C13H16F2N2O2/c14-10-1-2-12(15)9(5-10)7-17-13(18)6-11-8-16-3-4-19-11/h1-2,5,11,16H,3-4,6-8H2,(H,17,18). The lowest BCUT2D eigenvalue weighted by atomic mass is 10.2. The minimum atomic E-state index is -0.530. The predicted octanol–water partition coefficient (Wildman–Crippen LogP) is 0.959. The predicted molar refractivity (Wildman–Crippen MR) is 65.4 cm³/mol. The van der Waals surface area contributed by atoms with Gasteiger partial charge in [0, 0.05) is 25.2 Å². The van der Waals surface area contributed by atoms with Crippen molar-refractivity contribution in [1.29, 1.82) is 0 Å². The number of nitrogens with one attached hydrogen (secondary N) is 2. The molecule has 1 unspecified atom stereocenters. The molecule has 1 amide bonds. The van der Waals surface area contributed by atoms with Crippen molar-refractivity contribution >= 4 is 5.91 Å². The Bertz CT molecular complexity index is 448. The van der Waals surface area contributed by atoms with Gasteiger partial charge in [-0.25, -0.2) is 8.78 Å². The molecule has 1 saturated heterocycles. The van der Waals surface area contributed by atoms with Crippen LogP contribution in [0, 0.1) is 11.6 Å². The van der Waals surface area contributed by atoms with E-state index in [1.54, 1.807) is 0 Å². The first-order valence-electron chi connectivity index (χ1n) is 6.18. The van der Waals surface area contributed by atoms with Gasteiger partial charge in [0.25, 0.3) is 0 Å². The van der Waals surface area contributed by atoms with E-state index in [4.69, 9.17) is 4.74 Å². The van der Waals surface area contributed by atoms with Crippen molar-refractivity contribution in [3.63, 3.8) is 0 Å². The van der Waals surface area contributed by atoms with Crippen LogP contribution in [0.4, 0.5) is 8.78 Å². The highest BCUT2D eigenvalue weighted by Gasteiger charge is 2.17. The van der Waals surface area contributed by atoms with Gasteiger partial charge in [0.1, 0.15) is 11.6 Å². The van der Waals surface area contributed by atoms with E-state index in [2.05, 4.69) is 10.6 Å². The molecule has 1 aliphatic heterocycles. The number of morpholine rings is 1. The molecule has 1 fully saturated rings. The Kier molecular flexibility index (Phi) is 4.81. The minimum Gasteiger partial charge on any atom is -0.375 e. The molecule has 2 N–H and O–H groups in total. The first-order valence-corrected chi connectivity index (χ1v) is 6.18. The molecule has 4 nitrogen and oxygen atoms in total. The smallest absolute Gasteiger partial charge is 0.222 e. The average Bonchev–Trinajstić information content (AvgIpc) is 2.41. The lowest BCUT2D eigenvalue weighted by molar-refractivity contribution is -0.124. The fourth-order valence-electron chi connectivity index (χ4n) is 1.90. The van der Waals surface area contributed by atoms with Gasteiger partial charge in [-0.3, -0.25) is 4.79 Å². The van der Waals surface area contributed by atoms with Gasteiger partial charge in [-0.15, -0.1) is 0 Å². The Morgan fingerprint density at radius 2 is 2.32 bits per heavy atom. The summed E-state index contributed by atoms with van der Waals surface area (Å²) in [5.41, 5.74) is 0.135. The van der Waals surface area contributed by atoms with Gasteiger partial charge in [0.05, 0.1) is 19.1 Å². The van der Waals surface area contributed by atoms with E-state index in [-0.39, 0.29) is 30.5 Å². The molecule has 19 heavy (non-hydrogen) atoms. The number of amides is 1. The van der Waals surface area contributed by atoms with Crippen molar-refractivity contribution in [2.45, 2.75) is 19.1 Å². The van der Waals surface area contributed by atoms with Crippen LogP contribution in [-0.4, -0.2) is 31.7 Å². The van der Waals surface area contributed by atoms with Crippen molar-refractivity contribution < 1.29 is 18.3 Å². The number of halogens is 2. The Morgan fingerprint density at radius 3 is 3.05 bits per heavy atom. The second kappa shape index (κ2) is 6.58. The first kappa shape index (κ1) is 13.9. The van der Waals surface area contributed by atoms with Crippen LogP contribution in [0.2, 0.25) is 0 Å². The van der Waals surface area contributed by atoms with E-state index >= 15 is 0 Å². The lowest BCUT2D eigenvalue weighted by Crippen LogP contribution is -2.41. The summed E-state index contributed by atoms with van der Waals surface area (Å²) in [5.74, 6) is -1.29. The maximum absolute atomic E-state index is 13.3. The molecule has 0 spiro atoms. The van der Waals surface area contributed by atoms with E-state index in [0.29, 0.717) is 13.2 Å². The number of carbonyl (C=O) groups excluding carboxylic acids is 1. The molecule has 1 atom stereocenters. The Hall–Kier alpha value is -1.53. The third-order valence-corrected chi connectivity index (χ3v) is 2.90. The topological polar surface area (TPSA) is 50.4 Å². The number of carbonyl (C=O) groups is 1. The lowest BCUT2D eigenvalue weighted by Gasteiger charge is -2.23. The molecule has 2 rings (SSSR count). The summed E-state index contributed by atoms with van der Waals surface area (Å²) in [6, 6.07) is 3.17. The summed E-state index contributed by atoms with van der Waals surface area (Å²) in [7, 11) is 0. The molecule has 0 aliphatic carbocycles. The van der Waals surface area contributed by atoms with E-state index in [1.165, 1.54) is 0 Å². The van der Waals surface area contributed by atoms with E-state index in [9.17, 15) is 13.6 Å². The maximum Gasteiger partial charge on any atom is 0.222 e. The van der Waals surface area contributed by atoms with Gasteiger partial charge in [-0.2, -0.15) is 0 Å². The van der Waals surface area contributed by atoms with Gasteiger partial charge in [-0.1, -0.05) is 0 Å². The summed E-state index contributed by atoms with van der Waals surface area (Å²) in [6.45, 7) is 1.97. The molecule has 6 heteroatoms. The fraction of sp³-hybridized carbons (Fsp3) is 0.462. The van der Waals surface area contributed by atoms with Crippen LogP contribution in [0.1, 0.15) is 12.0 Å². The number of ether oxygens (including phenoxy) is 1. The summed E-state index contributed by atoms with van der Waals surface area (Å²) in [5, 5.41) is 5.68. The quantitative estimate of drug-likeness (QED) is 0.857. The third-order valence-electron chi connectivity index (χ3n) is 2.90. The van der Waals surface area contributed by atoms with Gasteiger partial charge in [-0.05, 0) is 18.2 Å². The molecule has 0 aromatic heterocycles. The van der Waals surface area contributed by atoms with E-state index in [0.717, 1.165) is 24.7 Å². The first-order chi connectivity index (χ1) is 9.15. The SMILES string of the molecule is O=C(CC1CNCCO1)NCc1cc(F)ccc1F. The molecule has 0 bridgehead atoms. The Morgan fingerprint density at radius 1 is 1.47 bits per heavy atom. The molecule has 0 saturated carbocycles. The second-order valence-electron chi connectivity index (χ2n) is 4.41. The van der Waals surface area contributed by atoms with Crippen LogP contribution in [0.25, 0.3) is 0 Å². The van der Waals surface area contributed by atoms with Crippen LogP contribution in [0.3, 0.4) is 0 Å². The summed E-state index contributed by atoms with van der Waals surface area (Å²) in [6.07, 6.45) is 0.0512. The van der Waals surface area contributed by atoms with Crippen LogP contribution >= 0.6 is 0 Å². The summed E-state index contributed by atoms with van der Waals surface area (Å²) < 4.78 is 31.6. The number of benzene rings is 1. The molecular weight excluding hydrogens is 254 g/mol. The number of hydrogen-bond acceptors (Lipinski definition) is 3. The molecule has 1 aromatic rings. The zero-order valence-corrected chi connectivity index (χ0v) is 10.4. The highest BCUT2D eigenvalue weighted by atomic mass is 19.1. The maximum atomic E-state index is 13.3. The Balaban J connectivity index is 1.81. The van der Waals surface area contributed by atoms with Crippen molar-refractivity contribution in [1.82, 2.24) is 10.6 Å². The monoisotopic (exact) mass is 270 g/mol. The molecule has 1 aromatic carbocycles. The second-order valence-corrected chi connectivity index (χ2v) is 4.41. The molecule has 1 heterocycles. The molecule has 1 aliphatic rings. The molecular formula is C13H16F2N2O2. The van der Waals surface area contributed by atoms with Crippen LogP contribution in [0.5, 0.6) is 0 Å². The highest BCUT2D eigenvalue weighted by Crippen LogP contribution is 2.09. The highest BCUT2D eigenvalue weighted by molar-refractivity contribution is 5.76. The van der Waals surface area contributed by atoms with Crippen molar-refractivity contribution in [3.8, 4) is 0 Å². The van der Waals surface area contributed by atoms with Gasteiger partial charge in [0.15, 0.2) is 0 Å². The fourth-order valence-corrected chi connectivity index (χ4v) is 1.90. The van der Waals surface area contributed by atoms with Crippen molar-refractivity contribution in [2.75, 3.05) is 19.7 Å². The van der Waals surface area contributed by atoms with Gasteiger partial charge < -0.3 is 15.4 Å². The van der Waals surface area contributed by atoms with Gasteiger partial charge >= 0.3 is 0 Å². The number of hydrogen-bond donors (Lipinski definition) is 2. The van der Waals surface area contributed by atoms with Gasteiger partial charge in [0.2, 0.25) is 5.91 Å². The van der Waals surface area contributed by atoms with Crippen LogP contribution < -0.4 is 10.6 Å². The molecule has 104 valence electrons. The van der Waals surface area contributed by atoms with Crippen molar-refractivity contribution in [3.05, 3.63) is 35.4 Å². The largest absolute Gasteiger partial charge is 0.375 e. The summed E-state index contributed by atoms with van der Waals surface area (Å²) in [4.78, 5) is 11.6. The van der Waals surface area contributed by atoms with E-state index < -0.39 is 11.6 Å². The normalized spacial score (nSPS) is 19.2. The van der Waals surface area contributed by atoms with E-state index in [1.807, 2.05) is 0 Å². The Labute approximate surface area is 110 Å². The molecule has 0 radical (unpaired) electrons. The van der Waals surface area contributed by atoms with Crippen LogP contribution in [0.15, 0.2) is 18.2 Å². The van der Waals surface area contributed by atoms with Crippen LogP contribution in [-0.2, 0) is 16.1 Å². The van der Waals surface area contributed by atoms with Crippen molar-refractivity contribution in [2.24, 2.45) is 0 Å². The third kappa shape index (κ3) is 4.25. The average molecular weight is 270 g/mol. The zero-order valence-electron chi connectivity index (χ0n) is 10.4. The minimum absolute atomic E-state index is 0.0252. The summed E-state index contributed by atoms with van der Waals surface area (Å²) >= 11 is 0. The zero-order chi connectivity index (χ0) is 13.7.